The normalized spacial score (nSPS) is 23.3. The molecule has 0 aliphatic heterocycles. The SMILES string of the molecule is CC1(C)Cc2nc(C3CCCC3)c(C(O)c3cccc(C(C)(C)C)c3)c(C3=CCCC3)c2C(O)C1. The molecule has 0 saturated heterocycles. The van der Waals surface area contributed by atoms with Crippen LogP contribution >= 0.6 is 0 Å². The molecule has 188 valence electrons. The van der Waals surface area contributed by atoms with Crippen molar-refractivity contribution in [3.8, 4) is 0 Å². The lowest BCUT2D eigenvalue weighted by atomic mass is 9.71. The maximum absolute atomic E-state index is 12.1. The lowest BCUT2D eigenvalue weighted by molar-refractivity contribution is 0.0972. The molecule has 1 heterocycles. The van der Waals surface area contributed by atoms with E-state index in [9.17, 15) is 10.2 Å². The van der Waals surface area contributed by atoms with Gasteiger partial charge in [0, 0.05) is 22.7 Å². The zero-order valence-electron chi connectivity index (χ0n) is 22.3. The van der Waals surface area contributed by atoms with Crippen LogP contribution in [0.1, 0.15) is 143 Å². The summed E-state index contributed by atoms with van der Waals surface area (Å²) in [5.41, 5.74) is 8.78. The van der Waals surface area contributed by atoms with Crippen LogP contribution in [0, 0.1) is 5.41 Å². The third-order valence-electron chi connectivity index (χ3n) is 8.55. The van der Waals surface area contributed by atoms with Crippen LogP contribution in [0.3, 0.4) is 0 Å². The van der Waals surface area contributed by atoms with Crippen molar-refractivity contribution in [3.63, 3.8) is 0 Å². The van der Waals surface area contributed by atoms with Gasteiger partial charge in [0.25, 0.3) is 0 Å². The average Bonchev–Trinajstić information content (AvgIpc) is 3.50. The number of benzene rings is 1. The molecule has 1 fully saturated rings. The molecule has 2 N–H and O–H groups in total. The van der Waals surface area contributed by atoms with E-state index in [1.165, 1.54) is 24.0 Å². The van der Waals surface area contributed by atoms with Crippen LogP contribution in [0.4, 0.5) is 0 Å². The van der Waals surface area contributed by atoms with Crippen molar-refractivity contribution >= 4 is 5.57 Å². The molecule has 1 aromatic carbocycles. The third-order valence-corrected chi connectivity index (χ3v) is 8.55. The molecular formula is C32H43NO2. The summed E-state index contributed by atoms with van der Waals surface area (Å²) in [6, 6.07) is 8.47. The minimum Gasteiger partial charge on any atom is -0.388 e. The number of aliphatic hydroxyl groups excluding tert-OH is 2. The fourth-order valence-electron chi connectivity index (χ4n) is 6.70. The van der Waals surface area contributed by atoms with Gasteiger partial charge >= 0.3 is 0 Å². The standard InChI is InChI=1S/C32H43NO2/c1-31(2,3)23-16-10-15-22(17-23)30(35)28-26(20-11-6-7-12-20)27-24(18-32(4,5)19-25(27)34)33-29(28)21-13-8-9-14-21/h10-11,15-17,21,25,30,34-35H,6-9,12-14,18-19H2,1-5H3. The van der Waals surface area contributed by atoms with Crippen molar-refractivity contribution in [2.45, 2.75) is 116 Å². The quantitative estimate of drug-likeness (QED) is 0.478. The van der Waals surface area contributed by atoms with Gasteiger partial charge in [-0.25, -0.2) is 0 Å². The van der Waals surface area contributed by atoms with Gasteiger partial charge in [-0.3, -0.25) is 4.98 Å². The first-order chi connectivity index (χ1) is 16.5. The second kappa shape index (κ2) is 9.16. The van der Waals surface area contributed by atoms with Crippen LogP contribution in [-0.4, -0.2) is 15.2 Å². The minimum absolute atomic E-state index is 0.0106. The lowest BCUT2D eigenvalue weighted by Gasteiger charge is -2.38. The predicted octanol–water partition coefficient (Wildman–Crippen LogP) is 7.69. The molecule has 0 radical (unpaired) electrons. The Balaban J connectivity index is 1.76. The minimum atomic E-state index is -0.746. The molecule has 3 heteroatoms. The van der Waals surface area contributed by atoms with Gasteiger partial charge in [0.1, 0.15) is 6.10 Å². The van der Waals surface area contributed by atoms with Crippen molar-refractivity contribution in [2.75, 3.05) is 0 Å². The lowest BCUT2D eigenvalue weighted by Crippen LogP contribution is -2.29. The fourth-order valence-corrected chi connectivity index (χ4v) is 6.70. The second-order valence-corrected chi connectivity index (χ2v) is 13.1. The van der Waals surface area contributed by atoms with Crippen LogP contribution in [0.5, 0.6) is 0 Å². The molecule has 3 nitrogen and oxygen atoms in total. The van der Waals surface area contributed by atoms with Crippen LogP contribution in [0.15, 0.2) is 30.3 Å². The summed E-state index contributed by atoms with van der Waals surface area (Å²) >= 11 is 0. The molecule has 0 spiro atoms. The van der Waals surface area contributed by atoms with Crippen LogP contribution in [0.25, 0.3) is 5.57 Å². The molecule has 5 rings (SSSR count). The molecule has 2 atom stereocenters. The molecule has 35 heavy (non-hydrogen) atoms. The van der Waals surface area contributed by atoms with Crippen molar-refractivity contribution in [1.82, 2.24) is 4.98 Å². The van der Waals surface area contributed by atoms with Gasteiger partial charge in [-0.1, -0.05) is 77.8 Å². The summed E-state index contributed by atoms with van der Waals surface area (Å²) in [6.45, 7) is 11.1. The largest absolute Gasteiger partial charge is 0.388 e. The van der Waals surface area contributed by atoms with Crippen LogP contribution in [0.2, 0.25) is 0 Å². The molecule has 2 aromatic rings. The van der Waals surface area contributed by atoms with E-state index in [1.807, 2.05) is 0 Å². The van der Waals surface area contributed by atoms with Gasteiger partial charge in [-0.2, -0.15) is 0 Å². The summed E-state index contributed by atoms with van der Waals surface area (Å²) in [4.78, 5) is 5.34. The van der Waals surface area contributed by atoms with Crippen LogP contribution < -0.4 is 0 Å². The number of pyridine rings is 1. The Labute approximate surface area is 211 Å². The Morgan fingerprint density at radius 2 is 1.83 bits per heavy atom. The Bertz CT molecular complexity index is 1130. The van der Waals surface area contributed by atoms with Gasteiger partial charge < -0.3 is 10.2 Å². The number of hydrogen-bond acceptors (Lipinski definition) is 3. The molecule has 0 amide bonds. The van der Waals surface area contributed by atoms with E-state index < -0.39 is 12.2 Å². The number of fused-ring (bicyclic) bond motifs is 1. The Morgan fingerprint density at radius 3 is 2.49 bits per heavy atom. The number of aromatic nitrogens is 1. The number of allylic oxidation sites excluding steroid dienone is 2. The molecule has 3 aliphatic rings. The number of rotatable bonds is 4. The van der Waals surface area contributed by atoms with Gasteiger partial charge in [0.15, 0.2) is 0 Å². The first-order valence-corrected chi connectivity index (χ1v) is 13.8. The monoisotopic (exact) mass is 473 g/mol. The summed E-state index contributed by atoms with van der Waals surface area (Å²) < 4.78 is 0. The summed E-state index contributed by atoms with van der Waals surface area (Å²) in [6.07, 6.45) is 10.6. The Kier molecular flexibility index (Phi) is 6.47. The highest BCUT2D eigenvalue weighted by Crippen LogP contribution is 2.50. The highest BCUT2D eigenvalue weighted by molar-refractivity contribution is 5.75. The molecule has 3 aliphatic carbocycles. The second-order valence-electron chi connectivity index (χ2n) is 13.1. The zero-order valence-corrected chi connectivity index (χ0v) is 22.3. The van der Waals surface area contributed by atoms with Crippen molar-refractivity contribution in [1.29, 1.82) is 0 Å². The highest BCUT2D eigenvalue weighted by Gasteiger charge is 2.39. The van der Waals surface area contributed by atoms with Gasteiger partial charge in [-0.15, -0.1) is 0 Å². The molecule has 1 aromatic heterocycles. The topological polar surface area (TPSA) is 53.4 Å². The summed E-state index contributed by atoms with van der Waals surface area (Å²) in [5.74, 6) is 0.388. The van der Waals surface area contributed by atoms with Crippen molar-refractivity contribution in [3.05, 3.63) is 69.5 Å². The van der Waals surface area contributed by atoms with E-state index in [-0.39, 0.29) is 10.8 Å². The van der Waals surface area contributed by atoms with E-state index >= 15 is 0 Å². The van der Waals surface area contributed by atoms with Gasteiger partial charge in [-0.05, 0) is 78.0 Å². The molecule has 0 bridgehead atoms. The van der Waals surface area contributed by atoms with Gasteiger partial charge in [0.05, 0.1) is 11.8 Å². The van der Waals surface area contributed by atoms with Gasteiger partial charge in [0.2, 0.25) is 0 Å². The summed E-state index contributed by atoms with van der Waals surface area (Å²) in [7, 11) is 0. The Hall–Kier alpha value is -1.97. The molecule has 1 saturated carbocycles. The number of aliphatic hydroxyl groups is 2. The molecular weight excluding hydrogens is 430 g/mol. The van der Waals surface area contributed by atoms with E-state index in [2.05, 4.69) is 65.0 Å². The molecule has 2 unspecified atom stereocenters. The highest BCUT2D eigenvalue weighted by atomic mass is 16.3. The average molecular weight is 474 g/mol. The van der Waals surface area contributed by atoms with Crippen molar-refractivity contribution in [2.24, 2.45) is 5.41 Å². The number of hydrogen-bond donors (Lipinski definition) is 2. The number of nitrogens with zero attached hydrogens (tertiary/aromatic N) is 1. The first kappa shape index (κ1) is 24.7. The predicted molar refractivity (Wildman–Crippen MR) is 144 cm³/mol. The third kappa shape index (κ3) is 4.74. The fraction of sp³-hybridized carbons (Fsp3) is 0.594. The maximum atomic E-state index is 12.1. The van der Waals surface area contributed by atoms with E-state index in [4.69, 9.17) is 4.98 Å². The van der Waals surface area contributed by atoms with Crippen LogP contribution in [-0.2, 0) is 11.8 Å². The maximum Gasteiger partial charge on any atom is 0.106 e. The van der Waals surface area contributed by atoms with E-state index in [0.717, 1.165) is 78.6 Å². The summed E-state index contributed by atoms with van der Waals surface area (Å²) in [5, 5.41) is 23.6. The first-order valence-electron chi connectivity index (χ1n) is 13.8. The van der Waals surface area contributed by atoms with E-state index in [0.29, 0.717) is 5.92 Å². The smallest absolute Gasteiger partial charge is 0.106 e. The zero-order chi connectivity index (χ0) is 25.0. The van der Waals surface area contributed by atoms with Crippen molar-refractivity contribution < 1.29 is 10.2 Å². The van der Waals surface area contributed by atoms with E-state index in [1.54, 1.807) is 0 Å². The Morgan fingerprint density at radius 1 is 1.09 bits per heavy atom.